The van der Waals surface area contributed by atoms with Crippen molar-refractivity contribution in [2.45, 2.75) is 13.5 Å². The van der Waals surface area contributed by atoms with Crippen molar-refractivity contribution in [3.05, 3.63) is 46.0 Å². The van der Waals surface area contributed by atoms with Gasteiger partial charge in [-0.2, -0.15) is 0 Å². The molecule has 0 aliphatic carbocycles. The number of H-pyrrole nitrogens is 1. The van der Waals surface area contributed by atoms with Crippen LogP contribution in [0.5, 0.6) is 0 Å². The standard InChI is InChI=1S/C14H14N4O/c1-8-3-4-11-9(5-8)6-10-13(16-11)17-12(7-15-2)18-14(10)19/h3-6,15H,7H2,1-2H3,(H,16,17,18,19). The summed E-state index contributed by atoms with van der Waals surface area (Å²) in [6.45, 7) is 2.53. The van der Waals surface area contributed by atoms with Crippen LogP contribution >= 0.6 is 0 Å². The van der Waals surface area contributed by atoms with Crippen molar-refractivity contribution in [1.29, 1.82) is 0 Å². The van der Waals surface area contributed by atoms with E-state index in [-0.39, 0.29) is 5.56 Å². The molecule has 5 nitrogen and oxygen atoms in total. The molecule has 2 heterocycles. The number of fused-ring (bicyclic) bond motifs is 2. The lowest BCUT2D eigenvalue weighted by molar-refractivity contribution is 0.758. The van der Waals surface area contributed by atoms with Crippen molar-refractivity contribution >= 4 is 21.9 Å². The summed E-state index contributed by atoms with van der Waals surface area (Å²) < 4.78 is 0. The zero-order valence-electron chi connectivity index (χ0n) is 10.8. The lowest BCUT2D eigenvalue weighted by atomic mass is 10.1. The first-order valence-corrected chi connectivity index (χ1v) is 6.12. The maximum absolute atomic E-state index is 12.0. The molecule has 5 heteroatoms. The number of pyridine rings is 1. The van der Waals surface area contributed by atoms with Crippen molar-refractivity contribution in [3.63, 3.8) is 0 Å². The number of hydrogen-bond donors (Lipinski definition) is 2. The molecule has 0 aliphatic heterocycles. The van der Waals surface area contributed by atoms with Gasteiger partial charge in [-0.3, -0.25) is 4.79 Å². The number of benzene rings is 1. The molecule has 0 atom stereocenters. The van der Waals surface area contributed by atoms with Gasteiger partial charge in [-0.1, -0.05) is 11.6 Å². The average Bonchev–Trinajstić information content (AvgIpc) is 2.37. The van der Waals surface area contributed by atoms with Crippen molar-refractivity contribution in [1.82, 2.24) is 20.3 Å². The molecule has 3 rings (SSSR count). The molecule has 1 aromatic carbocycles. The molecule has 2 aromatic heterocycles. The van der Waals surface area contributed by atoms with Crippen LogP contribution < -0.4 is 10.9 Å². The van der Waals surface area contributed by atoms with Gasteiger partial charge in [0.2, 0.25) is 0 Å². The molecule has 0 saturated carbocycles. The molecular weight excluding hydrogens is 240 g/mol. The molecule has 19 heavy (non-hydrogen) atoms. The summed E-state index contributed by atoms with van der Waals surface area (Å²) >= 11 is 0. The monoisotopic (exact) mass is 254 g/mol. The lowest BCUT2D eigenvalue weighted by Crippen LogP contribution is -2.17. The smallest absolute Gasteiger partial charge is 0.260 e. The number of aromatic amines is 1. The number of rotatable bonds is 2. The summed E-state index contributed by atoms with van der Waals surface area (Å²) in [7, 11) is 1.81. The maximum atomic E-state index is 12.0. The van der Waals surface area contributed by atoms with Crippen molar-refractivity contribution in [2.75, 3.05) is 7.05 Å². The average molecular weight is 254 g/mol. The van der Waals surface area contributed by atoms with Gasteiger partial charge in [-0.05, 0) is 32.2 Å². The van der Waals surface area contributed by atoms with E-state index in [4.69, 9.17) is 0 Å². The summed E-state index contributed by atoms with van der Waals surface area (Å²) in [5.41, 5.74) is 2.34. The molecule has 0 aliphatic rings. The second kappa shape index (κ2) is 4.44. The summed E-state index contributed by atoms with van der Waals surface area (Å²) in [6, 6.07) is 7.82. The predicted octanol–water partition coefficient (Wildman–Crippen LogP) is 1.50. The molecular formula is C14H14N4O. The highest BCUT2D eigenvalue weighted by atomic mass is 16.1. The fraction of sp³-hybridized carbons (Fsp3) is 0.214. The largest absolute Gasteiger partial charge is 0.313 e. The second-order valence-corrected chi connectivity index (χ2v) is 4.60. The summed E-state index contributed by atoms with van der Waals surface area (Å²) in [5, 5.41) is 4.45. The molecule has 96 valence electrons. The van der Waals surface area contributed by atoms with E-state index in [0.29, 0.717) is 23.4 Å². The number of aromatic nitrogens is 3. The van der Waals surface area contributed by atoms with E-state index in [1.54, 1.807) is 7.05 Å². The third-order valence-corrected chi connectivity index (χ3v) is 3.04. The van der Waals surface area contributed by atoms with Crippen molar-refractivity contribution in [3.8, 4) is 0 Å². The van der Waals surface area contributed by atoms with E-state index in [1.165, 1.54) is 0 Å². The van der Waals surface area contributed by atoms with Crippen LogP contribution in [0.2, 0.25) is 0 Å². The highest BCUT2D eigenvalue weighted by Crippen LogP contribution is 2.17. The number of hydrogen-bond acceptors (Lipinski definition) is 4. The van der Waals surface area contributed by atoms with Crippen LogP contribution in [0.3, 0.4) is 0 Å². The summed E-state index contributed by atoms with van der Waals surface area (Å²) in [6.07, 6.45) is 0. The first-order chi connectivity index (χ1) is 9.17. The van der Waals surface area contributed by atoms with Gasteiger partial charge in [-0.15, -0.1) is 0 Å². The molecule has 0 bridgehead atoms. The Kier molecular flexibility index (Phi) is 2.76. The topological polar surface area (TPSA) is 70.7 Å². The molecule has 0 amide bonds. The maximum Gasteiger partial charge on any atom is 0.260 e. The molecule has 3 aromatic rings. The van der Waals surface area contributed by atoms with Crippen LogP contribution in [-0.4, -0.2) is 22.0 Å². The third kappa shape index (κ3) is 2.08. The van der Waals surface area contributed by atoms with Gasteiger partial charge in [0, 0.05) is 5.39 Å². The Morgan fingerprint density at radius 1 is 1.26 bits per heavy atom. The summed E-state index contributed by atoms with van der Waals surface area (Å²) in [4.78, 5) is 23.6. The normalized spacial score (nSPS) is 11.3. The number of nitrogens with one attached hydrogen (secondary N) is 2. The minimum absolute atomic E-state index is 0.147. The predicted molar refractivity (Wildman–Crippen MR) is 75.2 cm³/mol. The molecule has 0 spiro atoms. The molecule has 0 unspecified atom stereocenters. The van der Waals surface area contributed by atoms with Crippen LogP contribution in [0.1, 0.15) is 11.4 Å². The first kappa shape index (κ1) is 11.8. The molecule has 0 fully saturated rings. The quantitative estimate of drug-likeness (QED) is 0.680. The Balaban J connectivity index is 2.34. The van der Waals surface area contributed by atoms with Crippen molar-refractivity contribution < 1.29 is 0 Å². The second-order valence-electron chi connectivity index (χ2n) is 4.60. The Bertz CT molecular complexity index is 823. The van der Waals surface area contributed by atoms with Gasteiger partial charge in [0.05, 0.1) is 17.4 Å². The lowest BCUT2D eigenvalue weighted by Gasteiger charge is -2.04. The van der Waals surface area contributed by atoms with Gasteiger partial charge in [0.25, 0.3) is 5.56 Å². The Morgan fingerprint density at radius 3 is 2.89 bits per heavy atom. The highest BCUT2D eigenvalue weighted by molar-refractivity contribution is 5.90. The van der Waals surface area contributed by atoms with Gasteiger partial charge >= 0.3 is 0 Å². The first-order valence-electron chi connectivity index (χ1n) is 6.12. The fourth-order valence-corrected chi connectivity index (χ4v) is 2.14. The van der Waals surface area contributed by atoms with Crippen LogP contribution in [-0.2, 0) is 6.54 Å². The van der Waals surface area contributed by atoms with Crippen LogP contribution in [0.15, 0.2) is 29.1 Å². The number of nitrogens with zero attached hydrogens (tertiary/aromatic N) is 2. The minimum Gasteiger partial charge on any atom is -0.313 e. The van der Waals surface area contributed by atoms with Crippen molar-refractivity contribution in [2.24, 2.45) is 0 Å². The zero-order chi connectivity index (χ0) is 13.4. The Hall–Kier alpha value is -2.27. The molecule has 2 N–H and O–H groups in total. The van der Waals surface area contributed by atoms with Gasteiger partial charge in [0.1, 0.15) is 5.82 Å². The van der Waals surface area contributed by atoms with Gasteiger partial charge in [-0.25, -0.2) is 9.97 Å². The number of aryl methyl sites for hydroxylation is 1. The Labute approximate surface area is 109 Å². The third-order valence-electron chi connectivity index (χ3n) is 3.04. The fourth-order valence-electron chi connectivity index (χ4n) is 2.14. The van der Waals surface area contributed by atoms with Gasteiger partial charge < -0.3 is 10.3 Å². The van der Waals surface area contributed by atoms with Crippen LogP contribution in [0.25, 0.3) is 21.9 Å². The zero-order valence-corrected chi connectivity index (χ0v) is 10.8. The highest BCUT2D eigenvalue weighted by Gasteiger charge is 2.07. The van der Waals surface area contributed by atoms with Crippen LogP contribution in [0, 0.1) is 6.92 Å². The van der Waals surface area contributed by atoms with E-state index in [2.05, 4.69) is 20.3 Å². The van der Waals surface area contributed by atoms with E-state index in [9.17, 15) is 4.79 Å². The molecule has 0 radical (unpaired) electrons. The van der Waals surface area contributed by atoms with E-state index in [1.807, 2.05) is 31.2 Å². The SMILES string of the molecule is CNCc1nc2nc3ccc(C)cc3cc2c(=O)[nH]1. The minimum atomic E-state index is -0.147. The van der Waals surface area contributed by atoms with E-state index in [0.717, 1.165) is 16.5 Å². The van der Waals surface area contributed by atoms with Crippen LogP contribution in [0.4, 0.5) is 0 Å². The summed E-state index contributed by atoms with van der Waals surface area (Å²) in [5.74, 6) is 0.596. The van der Waals surface area contributed by atoms with Gasteiger partial charge in [0.15, 0.2) is 5.65 Å². The van der Waals surface area contributed by atoms with E-state index >= 15 is 0 Å². The molecule has 0 saturated heterocycles. The van der Waals surface area contributed by atoms with E-state index < -0.39 is 0 Å². The Morgan fingerprint density at radius 2 is 2.11 bits per heavy atom.